The molecule has 0 spiro atoms. The van der Waals surface area contributed by atoms with Crippen molar-refractivity contribution in [2.75, 3.05) is 20.4 Å². The maximum atomic E-state index is 12.3. The first-order valence-corrected chi connectivity index (χ1v) is 7.98. The number of rotatable bonds is 5. The molecule has 0 N–H and O–H groups in total. The Bertz CT molecular complexity index is 715. The fraction of sp³-hybridized carbons (Fsp3) is 0.316. The molecule has 0 atom stereocenters. The van der Waals surface area contributed by atoms with Gasteiger partial charge in [0, 0.05) is 24.7 Å². The van der Waals surface area contributed by atoms with E-state index in [1.54, 1.807) is 20.1 Å². The second kappa shape index (κ2) is 7.36. The van der Waals surface area contributed by atoms with Gasteiger partial charge in [-0.1, -0.05) is 30.3 Å². The summed E-state index contributed by atoms with van der Waals surface area (Å²) in [7, 11) is 1.57. The van der Waals surface area contributed by atoms with Crippen LogP contribution in [-0.4, -0.2) is 31.3 Å². The first-order chi connectivity index (χ1) is 11.7. The molecule has 3 rings (SSSR count). The summed E-state index contributed by atoms with van der Waals surface area (Å²) in [5.41, 5.74) is 2.55. The molecule has 0 saturated heterocycles. The van der Waals surface area contributed by atoms with Crippen LogP contribution in [0.3, 0.4) is 0 Å². The van der Waals surface area contributed by atoms with Crippen molar-refractivity contribution in [3.63, 3.8) is 0 Å². The Kier molecular flexibility index (Phi) is 5.01. The summed E-state index contributed by atoms with van der Waals surface area (Å²) in [5.74, 6) is 0.924. The van der Waals surface area contributed by atoms with Crippen LogP contribution in [0.1, 0.15) is 28.4 Å². The van der Waals surface area contributed by atoms with E-state index < -0.39 is 0 Å². The minimum atomic E-state index is -0.349. The number of benzene rings is 2. The van der Waals surface area contributed by atoms with Gasteiger partial charge in [-0.3, -0.25) is 4.90 Å². The van der Waals surface area contributed by atoms with E-state index in [9.17, 15) is 4.79 Å². The van der Waals surface area contributed by atoms with E-state index in [2.05, 4.69) is 17.0 Å². The van der Waals surface area contributed by atoms with Crippen LogP contribution < -0.4 is 9.47 Å². The lowest BCUT2D eigenvalue weighted by Crippen LogP contribution is -2.32. The first-order valence-electron chi connectivity index (χ1n) is 7.98. The third-order valence-corrected chi connectivity index (χ3v) is 3.95. The minimum Gasteiger partial charge on any atom is -0.497 e. The zero-order valence-electron chi connectivity index (χ0n) is 14.0. The Balaban J connectivity index is 1.87. The summed E-state index contributed by atoms with van der Waals surface area (Å²) < 4.78 is 16.3. The average molecular weight is 327 g/mol. The smallest absolute Gasteiger partial charge is 0.338 e. The Morgan fingerprint density at radius 3 is 2.75 bits per heavy atom. The Morgan fingerprint density at radius 1 is 1.25 bits per heavy atom. The number of fused-ring (bicyclic) bond motifs is 1. The summed E-state index contributed by atoms with van der Waals surface area (Å²) in [5, 5.41) is 0. The van der Waals surface area contributed by atoms with Crippen molar-refractivity contribution >= 4 is 5.97 Å². The van der Waals surface area contributed by atoms with Gasteiger partial charge in [0.25, 0.3) is 0 Å². The highest BCUT2D eigenvalue weighted by molar-refractivity contribution is 5.92. The molecule has 1 heterocycles. The van der Waals surface area contributed by atoms with Crippen molar-refractivity contribution in [1.82, 2.24) is 4.90 Å². The molecule has 0 fully saturated rings. The normalized spacial score (nSPS) is 13.8. The predicted molar refractivity (Wildman–Crippen MR) is 90.1 cm³/mol. The summed E-state index contributed by atoms with van der Waals surface area (Å²) in [4.78, 5) is 14.4. The zero-order chi connectivity index (χ0) is 16.9. The molecule has 0 amide bonds. The first kappa shape index (κ1) is 16.3. The zero-order valence-corrected chi connectivity index (χ0v) is 14.0. The van der Waals surface area contributed by atoms with Crippen LogP contribution in [0.2, 0.25) is 0 Å². The number of hydrogen-bond acceptors (Lipinski definition) is 5. The molecule has 0 aliphatic carbocycles. The molecule has 0 aromatic heterocycles. The van der Waals surface area contributed by atoms with Gasteiger partial charge >= 0.3 is 5.97 Å². The van der Waals surface area contributed by atoms with Crippen molar-refractivity contribution in [3.8, 4) is 11.5 Å². The molecular weight excluding hydrogens is 306 g/mol. The number of esters is 1. The minimum absolute atomic E-state index is 0.333. The van der Waals surface area contributed by atoms with Crippen LogP contribution in [0.25, 0.3) is 0 Å². The topological polar surface area (TPSA) is 48.0 Å². The van der Waals surface area contributed by atoms with E-state index in [1.165, 1.54) is 5.56 Å². The lowest BCUT2D eigenvalue weighted by molar-refractivity contribution is 0.0510. The monoisotopic (exact) mass is 327 g/mol. The SMILES string of the molecule is CCOC(=O)c1cc(OC)cc2c1CN(Cc1ccccc1)CO2. The number of carbonyl (C=O) groups is 1. The van der Waals surface area contributed by atoms with Crippen molar-refractivity contribution in [3.05, 3.63) is 59.2 Å². The van der Waals surface area contributed by atoms with Gasteiger partial charge in [-0.05, 0) is 18.6 Å². The highest BCUT2D eigenvalue weighted by Gasteiger charge is 2.25. The molecule has 0 bridgehead atoms. The molecule has 0 radical (unpaired) electrons. The number of nitrogens with zero attached hydrogens (tertiary/aromatic N) is 1. The highest BCUT2D eigenvalue weighted by Crippen LogP contribution is 2.33. The van der Waals surface area contributed by atoms with E-state index >= 15 is 0 Å². The average Bonchev–Trinajstić information content (AvgIpc) is 2.62. The molecule has 2 aromatic carbocycles. The standard InChI is InChI=1S/C19H21NO4/c1-3-23-19(21)16-9-15(22-2)10-18-17(16)12-20(13-24-18)11-14-7-5-4-6-8-14/h4-10H,3,11-13H2,1-2H3. The van der Waals surface area contributed by atoms with Crippen molar-refractivity contribution < 1.29 is 19.0 Å². The van der Waals surface area contributed by atoms with Crippen LogP contribution >= 0.6 is 0 Å². The molecule has 2 aromatic rings. The summed E-state index contributed by atoms with van der Waals surface area (Å²) >= 11 is 0. The van der Waals surface area contributed by atoms with Crippen LogP contribution in [-0.2, 0) is 17.8 Å². The molecule has 5 heteroatoms. The predicted octanol–water partition coefficient (Wildman–Crippen LogP) is 3.22. The fourth-order valence-corrected chi connectivity index (χ4v) is 2.79. The van der Waals surface area contributed by atoms with Crippen LogP contribution in [0.15, 0.2) is 42.5 Å². The van der Waals surface area contributed by atoms with Gasteiger partial charge in [0.15, 0.2) is 0 Å². The van der Waals surface area contributed by atoms with E-state index in [1.807, 2.05) is 24.3 Å². The summed E-state index contributed by atoms with van der Waals surface area (Å²) in [6, 6.07) is 13.7. The van der Waals surface area contributed by atoms with E-state index in [4.69, 9.17) is 14.2 Å². The van der Waals surface area contributed by atoms with E-state index in [-0.39, 0.29) is 5.97 Å². The second-order valence-electron chi connectivity index (χ2n) is 5.62. The third kappa shape index (κ3) is 3.51. The molecule has 1 aliphatic heterocycles. The van der Waals surface area contributed by atoms with Gasteiger partial charge in [0.1, 0.15) is 18.2 Å². The summed E-state index contributed by atoms with van der Waals surface area (Å²) in [6.07, 6.45) is 0. The van der Waals surface area contributed by atoms with E-state index in [0.29, 0.717) is 36.9 Å². The van der Waals surface area contributed by atoms with Crippen molar-refractivity contribution in [1.29, 1.82) is 0 Å². The Labute approximate surface area is 141 Å². The Morgan fingerprint density at radius 2 is 2.04 bits per heavy atom. The van der Waals surface area contributed by atoms with Gasteiger partial charge in [0.2, 0.25) is 0 Å². The molecule has 1 aliphatic rings. The van der Waals surface area contributed by atoms with Crippen LogP contribution in [0.5, 0.6) is 11.5 Å². The molecule has 5 nitrogen and oxygen atoms in total. The van der Waals surface area contributed by atoms with Gasteiger partial charge in [0.05, 0.1) is 19.3 Å². The molecule has 126 valence electrons. The van der Waals surface area contributed by atoms with Crippen molar-refractivity contribution in [2.24, 2.45) is 0 Å². The fourth-order valence-electron chi connectivity index (χ4n) is 2.79. The Hall–Kier alpha value is -2.53. The van der Waals surface area contributed by atoms with E-state index in [0.717, 1.165) is 12.1 Å². The van der Waals surface area contributed by atoms with Crippen LogP contribution in [0, 0.1) is 0 Å². The van der Waals surface area contributed by atoms with Crippen LogP contribution in [0.4, 0.5) is 0 Å². The molecule has 0 unspecified atom stereocenters. The lowest BCUT2D eigenvalue weighted by atomic mass is 10.0. The largest absolute Gasteiger partial charge is 0.497 e. The number of hydrogen-bond donors (Lipinski definition) is 0. The van der Waals surface area contributed by atoms with Gasteiger partial charge in [-0.25, -0.2) is 4.79 Å². The molecule has 0 saturated carbocycles. The maximum absolute atomic E-state index is 12.3. The quantitative estimate of drug-likeness (QED) is 0.789. The molecular formula is C19H21NO4. The van der Waals surface area contributed by atoms with Gasteiger partial charge in [-0.2, -0.15) is 0 Å². The summed E-state index contributed by atoms with van der Waals surface area (Å²) in [6.45, 7) is 3.98. The van der Waals surface area contributed by atoms with Gasteiger partial charge in [-0.15, -0.1) is 0 Å². The number of ether oxygens (including phenoxy) is 3. The van der Waals surface area contributed by atoms with Gasteiger partial charge < -0.3 is 14.2 Å². The number of methoxy groups -OCH3 is 1. The number of carbonyl (C=O) groups excluding carboxylic acids is 1. The second-order valence-corrected chi connectivity index (χ2v) is 5.62. The third-order valence-electron chi connectivity index (χ3n) is 3.95. The molecule has 24 heavy (non-hydrogen) atoms. The maximum Gasteiger partial charge on any atom is 0.338 e. The van der Waals surface area contributed by atoms with Crippen molar-refractivity contribution in [2.45, 2.75) is 20.0 Å². The lowest BCUT2D eigenvalue weighted by Gasteiger charge is -2.30. The highest BCUT2D eigenvalue weighted by atomic mass is 16.5.